The van der Waals surface area contributed by atoms with Gasteiger partial charge in [0.15, 0.2) is 0 Å². The molecule has 0 aliphatic carbocycles. The minimum atomic E-state index is -1.05. The number of halogens is 2. The van der Waals surface area contributed by atoms with Crippen molar-refractivity contribution in [3.05, 3.63) is 98.5 Å². The number of anilines is 1. The molecular weight excluding hydrogens is 443 g/mol. The van der Waals surface area contributed by atoms with Gasteiger partial charge in [0.05, 0.1) is 6.04 Å². The van der Waals surface area contributed by atoms with Gasteiger partial charge >= 0.3 is 0 Å². The topological polar surface area (TPSA) is 58.2 Å². The normalized spacial score (nSPS) is 24.2. The Morgan fingerprint density at radius 2 is 1.59 bits per heavy atom. The Morgan fingerprint density at radius 1 is 0.906 bits per heavy atom. The lowest BCUT2D eigenvalue weighted by molar-refractivity contribution is -0.131. The first-order valence-corrected chi connectivity index (χ1v) is 11.3. The van der Waals surface area contributed by atoms with E-state index in [9.17, 15) is 9.59 Å². The largest absolute Gasteiger partial charge is 0.348 e. The number of hydrogen-bond donors (Lipinski definition) is 2. The van der Waals surface area contributed by atoms with E-state index < -0.39 is 17.4 Å². The Morgan fingerprint density at radius 3 is 2.31 bits per heavy atom. The van der Waals surface area contributed by atoms with Gasteiger partial charge in [-0.25, -0.2) is 0 Å². The Bertz CT molecular complexity index is 1250. The molecule has 0 aromatic heterocycles. The molecule has 0 bridgehead atoms. The number of hydrogen-bond acceptors (Lipinski definition) is 2. The number of amides is 2. The van der Waals surface area contributed by atoms with Crippen molar-refractivity contribution < 1.29 is 9.59 Å². The van der Waals surface area contributed by atoms with Gasteiger partial charge in [0.25, 0.3) is 0 Å². The van der Waals surface area contributed by atoms with Crippen molar-refractivity contribution in [2.45, 2.75) is 37.6 Å². The van der Waals surface area contributed by atoms with Crippen LogP contribution in [0, 0.1) is 13.8 Å². The summed E-state index contributed by atoms with van der Waals surface area (Å²) in [6, 6.07) is 18.4. The number of benzene rings is 3. The van der Waals surface area contributed by atoms with Gasteiger partial charge in [0.1, 0.15) is 5.41 Å². The quantitative estimate of drug-likeness (QED) is 0.499. The second kappa shape index (κ2) is 7.65. The van der Waals surface area contributed by atoms with E-state index in [1.54, 1.807) is 18.2 Å². The van der Waals surface area contributed by atoms with Crippen molar-refractivity contribution in [1.29, 1.82) is 0 Å². The zero-order valence-electron chi connectivity index (χ0n) is 17.7. The highest BCUT2D eigenvalue weighted by molar-refractivity contribution is 6.31. The molecule has 4 nitrogen and oxygen atoms in total. The van der Waals surface area contributed by atoms with Crippen molar-refractivity contribution in [3.63, 3.8) is 0 Å². The lowest BCUT2D eigenvalue weighted by Gasteiger charge is -2.47. The molecule has 3 unspecified atom stereocenters. The molecule has 2 aliphatic rings. The first kappa shape index (κ1) is 21.0. The Hall–Kier alpha value is -2.82. The van der Waals surface area contributed by atoms with Crippen LogP contribution in [0.3, 0.4) is 0 Å². The maximum absolute atomic E-state index is 14.0. The first-order valence-electron chi connectivity index (χ1n) is 10.5. The highest BCUT2D eigenvalue weighted by atomic mass is 35.5. The molecule has 3 aromatic carbocycles. The zero-order valence-corrected chi connectivity index (χ0v) is 19.2. The van der Waals surface area contributed by atoms with Crippen LogP contribution in [0.5, 0.6) is 0 Å². The second-order valence-corrected chi connectivity index (χ2v) is 9.50. The van der Waals surface area contributed by atoms with E-state index in [1.165, 1.54) is 0 Å². The standard InChI is InChI=1S/C26H22Cl2N2O2/c1-14-5-3-6-15(2)23(14)24-26(19-10-9-18(28)12-21(19)29-25(26)32)20(13-22(31)30-24)16-7-4-8-17(27)11-16/h3-12,20,24H,13H2,1-2H3,(H,29,32)(H,30,31). The molecule has 32 heavy (non-hydrogen) atoms. The maximum atomic E-state index is 14.0. The van der Waals surface area contributed by atoms with Crippen molar-refractivity contribution in [2.75, 3.05) is 5.32 Å². The Balaban J connectivity index is 1.85. The molecule has 2 N–H and O–H groups in total. The number of carbonyl (C=O) groups is 2. The third kappa shape index (κ3) is 3.05. The van der Waals surface area contributed by atoms with E-state index in [2.05, 4.69) is 10.6 Å². The van der Waals surface area contributed by atoms with Crippen LogP contribution in [-0.2, 0) is 15.0 Å². The molecule has 5 rings (SSSR count). The van der Waals surface area contributed by atoms with Gasteiger partial charge in [-0.15, -0.1) is 0 Å². The summed E-state index contributed by atoms with van der Waals surface area (Å²) in [4.78, 5) is 27.0. The fourth-order valence-electron chi connectivity index (χ4n) is 5.53. The predicted molar refractivity (Wildman–Crippen MR) is 127 cm³/mol. The Kier molecular flexibility index (Phi) is 5.03. The van der Waals surface area contributed by atoms with E-state index in [0.29, 0.717) is 15.7 Å². The summed E-state index contributed by atoms with van der Waals surface area (Å²) in [5.41, 5.74) is 4.35. The predicted octanol–water partition coefficient (Wildman–Crippen LogP) is 5.85. The third-order valence-electron chi connectivity index (χ3n) is 6.83. The fourth-order valence-corrected chi connectivity index (χ4v) is 5.90. The minimum absolute atomic E-state index is 0.0940. The van der Waals surface area contributed by atoms with Gasteiger partial charge in [0.2, 0.25) is 11.8 Å². The van der Waals surface area contributed by atoms with Crippen LogP contribution in [-0.4, -0.2) is 11.8 Å². The number of carbonyl (C=O) groups excluding carboxylic acids is 2. The number of nitrogens with one attached hydrogen (secondary N) is 2. The SMILES string of the molecule is Cc1cccc(C)c1C1NC(=O)CC(c2cccc(Cl)c2)C12C(=O)Nc1cc(Cl)ccc12. The van der Waals surface area contributed by atoms with Gasteiger partial charge in [-0.1, -0.05) is 59.6 Å². The number of piperidine rings is 1. The van der Waals surface area contributed by atoms with Crippen LogP contribution in [0.25, 0.3) is 0 Å². The van der Waals surface area contributed by atoms with Crippen LogP contribution in [0.4, 0.5) is 5.69 Å². The second-order valence-electron chi connectivity index (χ2n) is 8.63. The van der Waals surface area contributed by atoms with Crippen molar-refractivity contribution >= 4 is 40.7 Å². The summed E-state index contributed by atoms with van der Waals surface area (Å²) in [5, 5.41) is 7.36. The summed E-state index contributed by atoms with van der Waals surface area (Å²) in [5.74, 6) is -0.641. The number of fused-ring (bicyclic) bond motifs is 2. The highest BCUT2D eigenvalue weighted by Crippen LogP contribution is 2.58. The van der Waals surface area contributed by atoms with Crippen molar-refractivity contribution in [3.8, 4) is 0 Å². The molecule has 162 valence electrons. The monoisotopic (exact) mass is 464 g/mol. The maximum Gasteiger partial charge on any atom is 0.238 e. The summed E-state index contributed by atoms with van der Waals surface area (Å²) < 4.78 is 0. The molecule has 0 saturated carbocycles. The number of aryl methyl sites for hydroxylation is 2. The molecule has 2 heterocycles. The molecule has 2 aliphatic heterocycles. The van der Waals surface area contributed by atoms with Crippen LogP contribution < -0.4 is 10.6 Å². The van der Waals surface area contributed by atoms with Crippen LogP contribution in [0.2, 0.25) is 10.0 Å². The fraction of sp³-hybridized carbons (Fsp3) is 0.231. The molecule has 1 fully saturated rings. The lowest BCUT2D eigenvalue weighted by Crippen LogP contribution is -2.57. The van der Waals surface area contributed by atoms with Crippen LogP contribution in [0.15, 0.2) is 60.7 Å². The summed E-state index contributed by atoms with van der Waals surface area (Å²) in [6.07, 6.45) is 0.178. The van der Waals surface area contributed by atoms with E-state index >= 15 is 0 Å². The van der Waals surface area contributed by atoms with E-state index in [-0.39, 0.29) is 18.2 Å². The molecule has 1 spiro atoms. The molecule has 0 radical (unpaired) electrons. The first-order chi connectivity index (χ1) is 15.3. The molecule has 3 atom stereocenters. The Labute approximate surface area is 196 Å². The van der Waals surface area contributed by atoms with Gasteiger partial charge in [-0.05, 0) is 65.9 Å². The molecule has 6 heteroatoms. The summed E-state index contributed by atoms with van der Waals surface area (Å²) in [6.45, 7) is 4.03. The van der Waals surface area contributed by atoms with Gasteiger partial charge in [0, 0.05) is 28.1 Å². The van der Waals surface area contributed by atoms with Gasteiger partial charge in [-0.3, -0.25) is 9.59 Å². The molecular formula is C26H22Cl2N2O2. The number of rotatable bonds is 2. The van der Waals surface area contributed by atoms with Crippen LogP contribution in [0.1, 0.15) is 46.2 Å². The average Bonchev–Trinajstić information content (AvgIpc) is 3.01. The third-order valence-corrected chi connectivity index (χ3v) is 7.30. The summed E-state index contributed by atoms with van der Waals surface area (Å²) in [7, 11) is 0. The van der Waals surface area contributed by atoms with Crippen LogP contribution >= 0.6 is 23.2 Å². The lowest BCUT2D eigenvalue weighted by atomic mass is 9.58. The van der Waals surface area contributed by atoms with Crippen molar-refractivity contribution in [2.24, 2.45) is 0 Å². The minimum Gasteiger partial charge on any atom is -0.348 e. The smallest absolute Gasteiger partial charge is 0.238 e. The van der Waals surface area contributed by atoms with Crippen molar-refractivity contribution in [1.82, 2.24) is 5.32 Å². The van der Waals surface area contributed by atoms with Gasteiger partial charge in [-0.2, -0.15) is 0 Å². The molecule has 1 saturated heterocycles. The van der Waals surface area contributed by atoms with E-state index in [0.717, 1.165) is 27.8 Å². The van der Waals surface area contributed by atoms with E-state index in [1.807, 2.05) is 56.3 Å². The average molecular weight is 465 g/mol. The zero-order chi connectivity index (χ0) is 22.6. The molecule has 2 amide bonds. The van der Waals surface area contributed by atoms with Gasteiger partial charge < -0.3 is 10.6 Å². The molecule has 3 aromatic rings. The summed E-state index contributed by atoms with van der Waals surface area (Å²) >= 11 is 12.6. The highest BCUT2D eigenvalue weighted by Gasteiger charge is 2.61. The van der Waals surface area contributed by atoms with E-state index in [4.69, 9.17) is 23.2 Å².